The average molecular weight is 286 g/mol. The maximum atomic E-state index is 11.3. The highest BCUT2D eigenvalue weighted by Crippen LogP contribution is 2.23. The van der Waals surface area contributed by atoms with Gasteiger partial charge in [0, 0.05) is 12.1 Å². The van der Waals surface area contributed by atoms with E-state index in [1.807, 2.05) is 18.2 Å². The molecular formula is C15H12ClN3O. The average Bonchev–Trinajstić information content (AvgIpc) is 2.46. The van der Waals surface area contributed by atoms with Crippen molar-refractivity contribution in [2.24, 2.45) is 5.73 Å². The molecule has 0 spiro atoms. The fraction of sp³-hybridized carbons (Fsp3) is 0.0667. The van der Waals surface area contributed by atoms with Gasteiger partial charge in [0.2, 0.25) is 5.91 Å². The molecule has 0 aliphatic heterocycles. The van der Waals surface area contributed by atoms with E-state index >= 15 is 0 Å². The molecule has 0 aliphatic carbocycles. The summed E-state index contributed by atoms with van der Waals surface area (Å²) in [7, 11) is 0. The van der Waals surface area contributed by atoms with Crippen molar-refractivity contribution in [3.8, 4) is 6.07 Å². The number of anilines is 1. The highest BCUT2D eigenvalue weighted by atomic mass is 35.5. The van der Waals surface area contributed by atoms with Crippen molar-refractivity contribution < 1.29 is 4.79 Å². The van der Waals surface area contributed by atoms with Crippen molar-refractivity contribution in [2.45, 2.75) is 6.54 Å². The number of carbonyl (C=O) groups excluding carboxylic acids is 1. The number of nitrogens with zero attached hydrogens (tertiary/aromatic N) is 1. The molecule has 3 N–H and O–H groups in total. The number of benzene rings is 2. The molecule has 2 aromatic carbocycles. The molecule has 0 saturated heterocycles. The minimum absolute atomic E-state index is 0.397. The SMILES string of the molecule is N#Cc1ccc(Cl)c(NCc2ccccc2C(N)=O)c1. The predicted octanol–water partition coefficient (Wildman–Crippen LogP) is 2.92. The van der Waals surface area contributed by atoms with Crippen LogP contribution in [0.3, 0.4) is 0 Å². The van der Waals surface area contributed by atoms with E-state index < -0.39 is 5.91 Å². The van der Waals surface area contributed by atoms with Crippen LogP contribution in [0.1, 0.15) is 21.5 Å². The van der Waals surface area contributed by atoms with Crippen LogP contribution in [0.5, 0.6) is 0 Å². The molecule has 0 atom stereocenters. The van der Waals surface area contributed by atoms with Crippen molar-refractivity contribution in [1.29, 1.82) is 5.26 Å². The lowest BCUT2D eigenvalue weighted by molar-refractivity contribution is 0.0999. The highest BCUT2D eigenvalue weighted by Gasteiger charge is 2.08. The van der Waals surface area contributed by atoms with Crippen molar-refractivity contribution in [3.05, 3.63) is 64.2 Å². The Bertz CT molecular complexity index is 692. The summed E-state index contributed by atoms with van der Waals surface area (Å²) in [6.45, 7) is 0.397. The van der Waals surface area contributed by atoms with Crippen molar-refractivity contribution in [3.63, 3.8) is 0 Å². The zero-order chi connectivity index (χ0) is 14.5. The predicted molar refractivity (Wildman–Crippen MR) is 78.5 cm³/mol. The molecule has 0 unspecified atom stereocenters. The first-order valence-electron chi connectivity index (χ1n) is 5.93. The van der Waals surface area contributed by atoms with E-state index in [1.54, 1.807) is 30.3 Å². The van der Waals surface area contributed by atoms with Gasteiger partial charge < -0.3 is 11.1 Å². The normalized spacial score (nSPS) is 9.80. The second-order valence-electron chi connectivity index (χ2n) is 4.18. The second-order valence-corrected chi connectivity index (χ2v) is 4.59. The topological polar surface area (TPSA) is 78.9 Å². The third-order valence-electron chi connectivity index (χ3n) is 2.85. The molecule has 0 radical (unpaired) electrons. The highest BCUT2D eigenvalue weighted by molar-refractivity contribution is 6.33. The van der Waals surface area contributed by atoms with Gasteiger partial charge in [-0.05, 0) is 29.8 Å². The van der Waals surface area contributed by atoms with Crippen LogP contribution < -0.4 is 11.1 Å². The van der Waals surface area contributed by atoms with Crippen LogP contribution in [0.15, 0.2) is 42.5 Å². The number of primary amides is 1. The van der Waals surface area contributed by atoms with Gasteiger partial charge in [-0.1, -0.05) is 29.8 Å². The lowest BCUT2D eigenvalue weighted by Gasteiger charge is -2.11. The summed E-state index contributed by atoms with van der Waals surface area (Å²) < 4.78 is 0. The van der Waals surface area contributed by atoms with Crippen LogP contribution in [0.25, 0.3) is 0 Å². The number of hydrogen-bond donors (Lipinski definition) is 2. The Balaban J connectivity index is 2.21. The molecule has 100 valence electrons. The maximum Gasteiger partial charge on any atom is 0.249 e. The summed E-state index contributed by atoms with van der Waals surface area (Å²) in [6.07, 6.45) is 0. The summed E-state index contributed by atoms with van der Waals surface area (Å²) >= 11 is 6.06. The summed E-state index contributed by atoms with van der Waals surface area (Å²) in [4.78, 5) is 11.3. The Labute approximate surface area is 121 Å². The monoisotopic (exact) mass is 285 g/mol. The molecule has 0 bridgehead atoms. The number of halogens is 1. The number of amides is 1. The van der Waals surface area contributed by atoms with E-state index in [-0.39, 0.29) is 0 Å². The van der Waals surface area contributed by atoms with Gasteiger partial charge in [-0.25, -0.2) is 0 Å². The van der Waals surface area contributed by atoms with E-state index in [2.05, 4.69) is 5.32 Å². The largest absolute Gasteiger partial charge is 0.380 e. The van der Waals surface area contributed by atoms with Gasteiger partial charge in [0.15, 0.2) is 0 Å². The summed E-state index contributed by atoms with van der Waals surface area (Å²) in [5, 5.41) is 12.5. The molecule has 2 aromatic rings. The van der Waals surface area contributed by atoms with E-state index in [0.717, 1.165) is 5.56 Å². The summed E-state index contributed by atoms with van der Waals surface area (Å²) in [6, 6.07) is 14.1. The number of nitrogens with one attached hydrogen (secondary N) is 1. The van der Waals surface area contributed by atoms with Gasteiger partial charge >= 0.3 is 0 Å². The minimum atomic E-state index is -0.473. The molecule has 0 fully saturated rings. The van der Waals surface area contributed by atoms with Gasteiger partial charge in [0.1, 0.15) is 0 Å². The number of carbonyl (C=O) groups is 1. The molecule has 0 heterocycles. The fourth-order valence-corrected chi connectivity index (χ4v) is 2.02. The molecule has 1 amide bonds. The summed E-state index contributed by atoms with van der Waals surface area (Å²) in [5.74, 6) is -0.473. The first-order chi connectivity index (χ1) is 9.61. The van der Waals surface area contributed by atoms with Crippen LogP contribution in [0, 0.1) is 11.3 Å². The Morgan fingerprint density at radius 2 is 2.05 bits per heavy atom. The van der Waals surface area contributed by atoms with Gasteiger partial charge in [0.05, 0.1) is 22.3 Å². The van der Waals surface area contributed by atoms with E-state index in [9.17, 15) is 4.79 Å². The van der Waals surface area contributed by atoms with Gasteiger partial charge in [-0.3, -0.25) is 4.79 Å². The molecule has 5 heteroatoms. The molecule has 20 heavy (non-hydrogen) atoms. The Kier molecular flexibility index (Phi) is 4.24. The van der Waals surface area contributed by atoms with E-state index in [1.165, 1.54) is 0 Å². The van der Waals surface area contributed by atoms with Crippen LogP contribution in [-0.2, 0) is 6.54 Å². The van der Waals surface area contributed by atoms with Crippen LogP contribution in [0.2, 0.25) is 5.02 Å². The number of rotatable bonds is 4. The van der Waals surface area contributed by atoms with Crippen LogP contribution in [0.4, 0.5) is 5.69 Å². The number of nitriles is 1. The van der Waals surface area contributed by atoms with Crippen molar-refractivity contribution >= 4 is 23.2 Å². The molecule has 2 rings (SSSR count). The standard InChI is InChI=1S/C15H12ClN3O/c16-13-6-5-10(8-17)7-14(13)19-9-11-3-1-2-4-12(11)15(18)20/h1-7,19H,9H2,(H2,18,20). The van der Waals surface area contributed by atoms with Crippen LogP contribution in [-0.4, -0.2) is 5.91 Å². The number of nitrogens with two attached hydrogens (primary N) is 1. The minimum Gasteiger partial charge on any atom is -0.380 e. The molecule has 4 nitrogen and oxygen atoms in total. The van der Waals surface area contributed by atoms with Crippen molar-refractivity contribution in [2.75, 3.05) is 5.32 Å². The zero-order valence-electron chi connectivity index (χ0n) is 10.6. The fourth-order valence-electron chi connectivity index (χ4n) is 1.84. The maximum absolute atomic E-state index is 11.3. The Morgan fingerprint density at radius 1 is 1.30 bits per heavy atom. The number of hydrogen-bond acceptors (Lipinski definition) is 3. The third kappa shape index (κ3) is 3.08. The Morgan fingerprint density at radius 3 is 2.75 bits per heavy atom. The van der Waals surface area contributed by atoms with E-state index in [0.29, 0.717) is 28.4 Å². The van der Waals surface area contributed by atoms with E-state index in [4.69, 9.17) is 22.6 Å². The Hall–Kier alpha value is -2.51. The molecule has 0 aliphatic rings. The van der Waals surface area contributed by atoms with Crippen LogP contribution >= 0.6 is 11.6 Å². The van der Waals surface area contributed by atoms with Gasteiger partial charge in [-0.2, -0.15) is 5.26 Å². The lowest BCUT2D eigenvalue weighted by Crippen LogP contribution is -2.15. The summed E-state index contributed by atoms with van der Waals surface area (Å²) in [5.41, 5.74) is 7.72. The first-order valence-corrected chi connectivity index (χ1v) is 6.31. The quantitative estimate of drug-likeness (QED) is 0.906. The smallest absolute Gasteiger partial charge is 0.249 e. The molecule has 0 aromatic heterocycles. The first kappa shape index (κ1) is 13.9. The van der Waals surface area contributed by atoms with Gasteiger partial charge in [-0.15, -0.1) is 0 Å². The zero-order valence-corrected chi connectivity index (χ0v) is 11.3. The lowest BCUT2D eigenvalue weighted by atomic mass is 10.1. The molecule has 0 saturated carbocycles. The molecular weight excluding hydrogens is 274 g/mol. The van der Waals surface area contributed by atoms with Crippen molar-refractivity contribution in [1.82, 2.24) is 0 Å². The second kappa shape index (κ2) is 6.09. The third-order valence-corrected chi connectivity index (χ3v) is 3.18. The van der Waals surface area contributed by atoms with Gasteiger partial charge in [0.25, 0.3) is 0 Å².